The summed E-state index contributed by atoms with van der Waals surface area (Å²) in [5.41, 5.74) is 6.01. The minimum atomic E-state index is -0.112. The zero-order valence-electron chi connectivity index (χ0n) is 8.98. The number of rotatable bonds is 4. The SMILES string of the molecule is COc1cc(C(N)CN2CCCC2)on1. The highest BCUT2D eigenvalue weighted by molar-refractivity contribution is 5.13. The summed E-state index contributed by atoms with van der Waals surface area (Å²) in [5, 5.41) is 3.73. The second-order valence-corrected chi connectivity index (χ2v) is 3.89. The number of nitrogens with zero attached hydrogens (tertiary/aromatic N) is 2. The van der Waals surface area contributed by atoms with E-state index in [2.05, 4.69) is 10.1 Å². The molecule has 5 heteroatoms. The van der Waals surface area contributed by atoms with Gasteiger partial charge in [-0.3, -0.25) is 0 Å². The van der Waals surface area contributed by atoms with Gasteiger partial charge in [0.1, 0.15) is 0 Å². The molecule has 0 aliphatic carbocycles. The van der Waals surface area contributed by atoms with Crippen molar-refractivity contribution in [2.24, 2.45) is 5.73 Å². The van der Waals surface area contributed by atoms with Crippen molar-refractivity contribution in [3.8, 4) is 5.88 Å². The van der Waals surface area contributed by atoms with E-state index >= 15 is 0 Å². The third kappa shape index (κ3) is 2.49. The first-order valence-electron chi connectivity index (χ1n) is 5.28. The van der Waals surface area contributed by atoms with Gasteiger partial charge in [0.05, 0.1) is 13.2 Å². The van der Waals surface area contributed by atoms with Crippen LogP contribution in [0.5, 0.6) is 5.88 Å². The Kier molecular flexibility index (Phi) is 3.23. The number of likely N-dealkylation sites (tertiary alicyclic amines) is 1. The van der Waals surface area contributed by atoms with Gasteiger partial charge in [-0.15, -0.1) is 0 Å². The maximum atomic E-state index is 6.01. The molecule has 1 fully saturated rings. The fourth-order valence-electron chi connectivity index (χ4n) is 1.88. The standard InChI is InChI=1S/C10H17N3O2/c1-14-10-6-9(15-12-10)8(11)7-13-4-2-3-5-13/h6,8H,2-5,7,11H2,1H3. The molecule has 1 saturated heterocycles. The second kappa shape index (κ2) is 4.63. The highest BCUT2D eigenvalue weighted by Gasteiger charge is 2.19. The van der Waals surface area contributed by atoms with Crippen molar-refractivity contribution in [3.05, 3.63) is 11.8 Å². The first-order chi connectivity index (χ1) is 7.29. The molecule has 5 nitrogen and oxygen atoms in total. The summed E-state index contributed by atoms with van der Waals surface area (Å²) >= 11 is 0. The summed E-state index contributed by atoms with van der Waals surface area (Å²) in [5.74, 6) is 1.18. The van der Waals surface area contributed by atoms with Gasteiger partial charge in [0.25, 0.3) is 5.88 Å². The fourth-order valence-corrected chi connectivity index (χ4v) is 1.88. The first kappa shape index (κ1) is 10.4. The van der Waals surface area contributed by atoms with Crippen LogP contribution in [0.3, 0.4) is 0 Å². The van der Waals surface area contributed by atoms with Crippen molar-refractivity contribution in [1.29, 1.82) is 0 Å². The zero-order valence-corrected chi connectivity index (χ0v) is 8.98. The number of hydrogen-bond acceptors (Lipinski definition) is 5. The molecule has 15 heavy (non-hydrogen) atoms. The summed E-state index contributed by atoms with van der Waals surface area (Å²) < 4.78 is 10.0. The fraction of sp³-hybridized carbons (Fsp3) is 0.700. The molecule has 0 saturated carbocycles. The molecule has 1 aromatic rings. The van der Waals surface area contributed by atoms with Crippen LogP contribution in [0.25, 0.3) is 0 Å². The van der Waals surface area contributed by atoms with Crippen LogP contribution in [0.15, 0.2) is 10.6 Å². The third-order valence-corrected chi connectivity index (χ3v) is 2.73. The average molecular weight is 211 g/mol. The molecular formula is C10H17N3O2. The quantitative estimate of drug-likeness (QED) is 0.797. The van der Waals surface area contributed by atoms with Crippen LogP contribution in [0.1, 0.15) is 24.6 Å². The maximum Gasteiger partial charge on any atom is 0.254 e. The Morgan fingerprint density at radius 1 is 1.60 bits per heavy atom. The monoisotopic (exact) mass is 211 g/mol. The highest BCUT2D eigenvalue weighted by Crippen LogP contribution is 2.19. The van der Waals surface area contributed by atoms with Crippen molar-refractivity contribution in [2.75, 3.05) is 26.7 Å². The van der Waals surface area contributed by atoms with E-state index in [9.17, 15) is 0 Å². The van der Waals surface area contributed by atoms with E-state index < -0.39 is 0 Å². The van der Waals surface area contributed by atoms with Crippen LogP contribution in [-0.2, 0) is 0 Å². The lowest BCUT2D eigenvalue weighted by Crippen LogP contribution is -2.29. The first-order valence-corrected chi connectivity index (χ1v) is 5.28. The van der Waals surface area contributed by atoms with E-state index in [-0.39, 0.29) is 6.04 Å². The normalized spacial score (nSPS) is 19.3. The largest absolute Gasteiger partial charge is 0.479 e. The lowest BCUT2D eigenvalue weighted by atomic mass is 10.2. The molecule has 1 aliphatic heterocycles. The smallest absolute Gasteiger partial charge is 0.254 e. The highest BCUT2D eigenvalue weighted by atomic mass is 16.5. The van der Waals surface area contributed by atoms with Gasteiger partial charge in [-0.2, -0.15) is 0 Å². The van der Waals surface area contributed by atoms with Crippen LogP contribution in [0.4, 0.5) is 0 Å². The van der Waals surface area contributed by atoms with E-state index in [0.29, 0.717) is 11.6 Å². The van der Waals surface area contributed by atoms with E-state index in [1.54, 1.807) is 13.2 Å². The lowest BCUT2D eigenvalue weighted by Gasteiger charge is -2.17. The van der Waals surface area contributed by atoms with Gasteiger partial charge in [0, 0.05) is 12.6 Å². The summed E-state index contributed by atoms with van der Waals surface area (Å²) in [6.45, 7) is 3.11. The Labute approximate surface area is 89.2 Å². The van der Waals surface area contributed by atoms with Crippen LogP contribution in [-0.4, -0.2) is 36.8 Å². The molecule has 1 unspecified atom stereocenters. The molecule has 2 heterocycles. The minimum absolute atomic E-state index is 0.112. The molecule has 0 aromatic carbocycles. The Bertz CT molecular complexity index is 307. The molecule has 0 radical (unpaired) electrons. The van der Waals surface area contributed by atoms with Gasteiger partial charge in [0.2, 0.25) is 0 Å². The number of aromatic nitrogens is 1. The molecule has 1 atom stereocenters. The van der Waals surface area contributed by atoms with Crippen molar-refractivity contribution < 1.29 is 9.26 Å². The predicted molar refractivity (Wildman–Crippen MR) is 55.7 cm³/mol. The number of nitrogens with two attached hydrogens (primary N) is 1. The Morgan fingerprint density at radius 3 is 2.93 bits per heavy atom. The Hall–Kier alpha value is -1.07. The van der Waals surface area contributed by atoms with Crippen molar-refractivity contribution >= 4 is 0 Å². The molecule has 0 bridgehead atoms. The van der Waals surface area contributed by atoms with Gasteiger partial charge in [-0.05, 0) is 31.1 Å². The van der Waals surface area contributed by atoms with Crippen LogP contribution in [0.2, 0.25) is 0 Å². The Balaban J connectivity index is 1.91. The summed E-state index contributed by atoms with van der Waals surface area (Å²) in [6, 6.07) is 1.64. The van der Waals surface area contributed by atoms with Crippen molar-refractivity contribution in [2.45, 2.75) is 18.9 Å². The van der Waals surface area contributed by atoms with E-state index in [1.807, 2.05) is 0 Å². The topological polar surface area (TPSA) is 64.5 Å². The van der Waals surface area contributed by atoms with Gasteiger partial charge in [-0.25, -0.2) is 0 Å². The predicted octanol–water partition coefficient (Wildman–Crippen LogP) is 0.779. The molecule has 84 valence electrons. The molecule has 1 aliphatic rings. The molecule has 1 aromatic heterocycles. The summed E-state index contributed by atoms with van der Waals surface area (Å²) in [6.07, 6.45) is 2.54. The van der Waals surface area contributed by atoms with Gasteiger partial charge < -0.3 is 19.9 Å². The maximum absolute atomic E-state index is 6.01. The summed E-state index contributed by atoms with van der Waals surface area (Å²) in [4.78, 5) is 2.35. The minimum Gasteiger partial charge on any atom is -0.479 e. The van der Waals surface area contributed by atoms with Crippen LogP contribution >= 0.6 is 0 Å². The molecule has 2 N–H and O–H groups in total. The molecule has 2 rings (SSSR count). The van der Waals surface area contributed by atoms with E-state index in [4.69, 9.17) is 15.0 Å². The number of ether oxygens (including phenoxy) is 1. The third-order valence-electron chi connectivity index (χ3n) is 2.73. The van der Waals surface area contributed by atoms with Gasteiger partial charge >= 0.3 is 0 Å². The zero-order chi connectivity index (χ0) is 10.7. The van der Waals surface area contributed by atoms with Crippen molar-refractivity contribution in [3.63, 3.8) is 0 Å². The van der Waals surface area contributed by atoms with E-state index in [1.165, 1.54) is 12.8 Å². The van der Waals surface area contributed by atoms with E-state index in [0.717, 1.165) is 19.6 Å². The van der Waals surface area contributed by atoms with Gasteiger partial charge in [-0.1, -0.05) is 0 Å². The van der Waals surface area contributed by atoms with Crippen LogP contribution in [0, 0.1) is 0 Å². The number of methoxy groups -OCH3 is 1. The number of hydrogen-bond donors (Lipinski definition) is 1. The molecule has 0 spiro atoms. The average Bonchev–Trinajstić information content (AvgIpc) is 2.86. The van der Waals surface area contributed by atoms with Crippen LogP contribution < -0.4 is 10.5 Å². The van der Waals surface area contributed by atoms with Crippen molar-refractivity contribution in [1.82, 2.24) is 10.1 Å². The molecule has 0 amide bonds. The summed E-state index contributed by atoms with van der Waals surface area (Å²) in [7, 11) is 1.56. The second-order valence-electron chi connectivity index (χ2n) is 3.89. The van der Waals surface area contributed by atoms with Gasteiger partial charge in [0.15, 0.2) is 5.76 Å². The lowest BCUT2D eigenvalue weighted by molar-refractivity contribution is 0.274. The Morgan fingerprint density at radius 2 is 2.33 bits per heavy atom. The molecular weight excluding hydrogens is 194 g/mol.